The topological polar surface area (TPSA) is 32.7 Å². The van der Waals surface area contributed by atoms with Crippen LogP contribution in [0.1, 0.15) is 16.7 Å². The Hall–Kier alpha value is -2.69. The molecule has 1 N–H and O–H groups in total. The highest BCUT2D eigenvalue weighted by Crippen LogP contribution is 2.26. The minimum absolute atomic E-state index is 0.215. The first-order valence-electron chi connectivity index (χ1n) is 10.0. The molecule has 0 amide bonds. The van der Waals surface area contributed by atoms with Crippen LogP contribution in [0, 0.1) is 12.7 Å². The van der Waals surface area contributed by atoms with Gasteiger partial charge in [0.15, 0.2) is 0 Å². The van der Waals surface area contributed by atoms with Crippen LogP contribution in [0.4, 0.5) is 4.39 Å². The van der Waals surface area contributed by atoms with Crippen LogP contribution in [0.25, 0.3) is 11.1 Å². The monoisotopic (exact) mass is 391 g/mol. The first-order valence-corrected chi connectivity index (χ1v) is 10.0. The van der Waals surface area contributed by atoms with Crippen LogP contribution < -0.4 is 4.74 Å². The van der Waals surface area contributed by atoms with E-state index in [0.717, 1.165) is 30.6 Å². The van der Waals surface area contributed by atoms with E-state index in [2.05, 4.69) is 29.2 Å². The molecule has 0 aliphatic carbocycles. The lowest BCUT2D eigenvalue weighted by Gasteiger charge is -2.30. The fraction of sp³-hybridized carbons (Fsp3) is 0.280. The Kier molecular flexibility index (Phi) is 5.93. The van der Waals surface area contributed by atoms with Crippen LogP contribution in [0.15, 0.2) is 66.7 Å². The van der Waals surface area contributed by atoms with Crippen LogP contribution in [-0.4, -0.2) is 35.8 Å². The molecule has 1 aliphatic heterocycles. The van der Waals surface area contributed by atoms with E-state index in [-0.39, 0.29) is 12.4 Å². The number of aliphatic hydroxyl groups is 1. The summed E-state index contributed by atoms with van der Waals surface area (Å²) in [5, 5.41) is 10.4. The number of β-amino-alcohol motifs (C(OH)–C–C–N with tert-alkyl or cyclic N) is 1. The van der Waals surface area contributed by atoms with Crippen LogP contribution in [0.5, 0.6) is 5.75 Å². The van der Waals surface area contributed by atoms with Crippen molar-refractivity contribution in [3.63, 3.8) is 0 Å². The highest BCUT2D eigenvalue weighted by atomic mass is 19.1. The molecule has 0 saturated carbocycles. The van der Waals surface area contributed by atoms with Gasteiger partial charge in [-0.2, -0.15) is 0 Å². The Morgan fingerprint density at radius 3 is 2.62 bits per heavy atom. The van der Waals surface area contributed by atoms with Crippen molar-refractivity contribution in [3.8, 4) is 16.9 Å². The van der Waals surface area contributed by atoms with Crippen molar-refractivity contribution < 1.29 is 14.2 Å². The summed E-state index contributed by atoms with van der Waals surface area (Å²) in [5.74, 6) is 0.457. The molecule has 0 saturated heterocycles. The van der Waals surface area contributed by atoms with Gasteiger partial charge in [-0.25, -0.2) is 4.39 Å². The number of hydrogen-bond acceptors (Lipinski definition) is 3. The zero-order chi connectivity index (χ0) is 20.2. The fourth-order valence-electron chi connectivity index (χ4n) is 3.79. The third kappa shape index (κ3) is 4.84. The average molecular weight is 391 g/mol. The van der Waals surface area contributed by atoms with Gasteiger partial charge in [0.2, 0.25) is 0 Å². The first-order chi connectivity index (χ1) is 14.1. The molecule has 29 heavy (non-hydrogen) atoms. The molecule has 0 fully saturated rings. The molecule has 1 heterocycles. The van der Waals surface area contributed by atoms with Crippen molar-refractivity contribution in [2.45, 2.75) is 26.0 Å². The molecular weight excluding hydrogens is 365 g/mol. The molecule has 4 rings (SSSR count). The Morgan fingerprint density at radius 2 is 1.79 bits per heavy atom. The number of hydrogen-bond donors (Lipinski definition) is 1. The molecule has 0 radical (unpaired) electrons. The fourth-order valence-corrected chi connectivity index (χ4v) is 3.79. The summed E-state index contributed by atoms with van der Waals surface area (Å²) in [4.78, 5) is 2.27. The lowest BCUT2D eigenvalue weighted by Crippen LogP contribution is -2.38. The van der Waals surface area contributed by atoms with E-state index in [1.807, 2.05) is 30.3 Å². The van der Waals surface area contributed by atoms with Crippen LogP contribution >= 0.6 is 0 Å². The minimum Gasteiger partial charge on any atom is -0.491 e. The van der Waals surface area contributed by atoms with Crippen LogP contribution in [0.3, 0.4) is 0 Å². The molecule has 0 spiro atoms. The molecule has 0 aromatic heterocycles. The summed E-state index contributed by atoms with van der Waals surface area (Å²) in [7, 11) is 0. The maximum atomic E-state index is 13.9. The van der Waals surface area contributed by atoms with Crippen molar-refractivity contribution in [2.24, 2.45) is 0 Å². The molecule has 4 heteroatoms. The van der Waals surface area contributed by atoms with Crippen molar-refractivity contribution in [3.05, 3.63) is 89.2 Å². The molecule has 3 aromatic rings. The van der Waals surface area contributed by atoms with Crippen molar-refractivity contribution in [2.75, 3.05) is 19.7 Å². The van der Waals surface area contributed by atoms with E-state index < -0.39 is 6.10 Å². The number of rotatable bonds is 6. The lowest BCUT2D eigenvalue weighted by molar-refractivity contribution is 0.0638. The largest absolute Gasteiger partial charge is 0.491 e. The average Bonchev–Trinajstić information content (AvgIpc) is 2.74. The zero-order valence-corrected chi connectivity index (χ0v) is 16.6. The highest BCUT2D eigenvalue weighted by Gasteiger charge is 2.18. The van der Waals surface area contributed by atoms with Crippen molar-refractivity contribution in [1.29, 1.82) is 0 Å². The number of nitrogens with zero attached hydrogens (tertiary/aromatic N) is 1. The Labute approximate surface area is 171 Å². The standard InChI is InChI=1S/C25H26FNO2/c1-18-9-10-21(14-25(18)26)20-7-4-8-24(13-20)29-17-23(28)16-27-12-11-19-5-2-3-6-22(19)15-27/h2-10,13-14,23,28H,11-12,15-17H2,1H3. The van der Waals surface area contributed by atoms with Gasteiger partial charge < -0.3 is 9.84 Å². The lowest BCUT2D eigenvalue weighted by atomic mass is 10.00. The van der Waals surface area contributed by atoms with Gasteiger partial charge in [-0.05, 0) is 59.4 Å². The highest BCUT2D eigenvalue weighted by molar-refractivity contribution is 5.65. The van der Waals surface area contributed by atoms with Crippen molar-refractivity contribution in [1.82, 2.24) is 4.90 Å². The summed E-state index contributed by atoms with van der Waals surface area (Å²) in [6.07, 6.45) is 0.444. The first kappa shape index (κ1) is 19.6. The molecular formula is C25H26FNO2. The molecule has 3 aromatic carbocycles. The van der Waals surface area contributed by atoms with E-state index in [1.165, 1.54) is 17.2 Å². The number of halogens is 1. The normalized spacial score (nSPS) is 15.0. The van der Waals surface area contributed by atoms with E-state index in [0.29, 0.717) is 17.9 Å². The quantitative estimate of drug-likeness (QED) is 0.667. The maximum Gasteiger partial charge on any atom is 0.126 e. The van der Waals surface area contributed by atoms with Gasteiger partial charge in [0.1, 0.15) is 24.3 Å². The number of benzene rings is 3. The molecule has 3 nitrogen and oxygen atoms in total. The Bertz CT molecular complexity index is 988. The van der Waals surface area contributed by atoms with Gasteiger partial charge in [0.05, 0.1) is 0 Å². The summed E-state index contributed by atoms with van der Waals surface area (Å²) in [6.45, 7) is 4.37. The number of aryl methyl sites for hydroxylation is 1. The van der Waals surface area contributed by atoms with Gasteiger partial charge >= 0.3 is 0 Å². The zero-order valence-electron chi connectivity index (χ0n) is 16.6. The van der Waals surface area contributed by atoms with Gasteiger partial charge in [-0.3, -0.25) is 4.90 Å². The number of ether oxygens (including phenoxy) is 1. The van der Waals surface area contributed by atoms with E-state index in [4.69, 9.17) is 4.74 Å². The van der Waals surface area contributed by atoms with Gasteiger partial charge in [-0.15, -0.1) is 0 Å². The SMILES string of the molecule is Cc1ccc(-c2cccc(OCC(O)CN3CCc4ccccc4C3)c2)cc1F. The number of fused-ring (bicyclic) bond motifs is 1. The summed E-state index contributed by atoms with van der Waals surface area (Å²) >= 11 is 0. The van der Waals surface area contributed by atoms with E-state index in [9.17, 15) is 9.50 Å². The van der Waals surface area contributed by atoms with Crippen LogP contribution in [-0.2, 0) is 13.0 Å². The molecule has 150 valence electrons. The predicted molar refractivity (Wildman–Crippen MR) is 113 cm³/mol. The summed E-state index contributed by atoms with van der Waals surface area (Å²) in [6, 6.07) is 21.3. The molecule has 1 unspecified atom stereocenters. The van der Waals surface area contributed by atoms with E-state index in [1.54, 1.807) is 13.0 Å². The predicted octanol–water partition coefficient (Wildman–Crippen LogP) is 4.60. The smallest absolute Gasteiger partial charge is 0.126 e. The van der Waals surface area contributed by atoms with Gasteiger partial charge in [-0.1, -0.05) is 48.5 Å². The summed E-state index contributed by atoms with van der Waals surface area (Å²) < 4.78 is 19.7. The minimum atomic E-state index is -0.569. The second-order valence-electron chi connectivity index (χ2n) is 7.71. The van der Waals surface area contributed by atoms with Crippen LogP contribution in [0.2, 0.25) is 0 Å². The second-order valence-corrected chi connectivity index (χ2v) is 7.71. The third-order valence-corrected chi connectivity index (χ3v) is 5.46. The molecule has 1 atom stereocenters. The number of aliphatic hydroxyl groups excluding tert-OH is 1. The summed E-state index contributed by atoms with van der Waals surface area (Å²) in [5.41, 5.74) is 5.07. The molecule has 1 aliphatic rings. The van der Waals surface area contributed by atoms with Gasteiger partial charge in [0, 0.05) is 19.6 Å². The van der Waals surface area contributed by atoms with E-state index >= 15 is 0 Å². The maximum absolute atomic E-state index is 13.9. The third-order valence-electron chi connectivity index (χ3n) is 5.46. The molecule has 0 bridgehead atoms. The Balaban J connectivity index is 1.34. The second kappa shape index (κ2) is 8.76. The Morgan fingerprint density at radius 1 is 1.00 bits per heavy atom. The van der Waals surface area contributed by atoms with Gasteiger partial charge in [0.25, 0.3) is 0 Å². The van der Waals surface area contributed by atoms with Crippen molar-refractivity contribution >= 4 is 0 Å².